The molecule has 2 atom stereocenters. The van der Waals surface area contributed by atoms with E-state index in [-0.39, 0.29) is 0 Å². The molecule has 1 saturated carbocycles. The number of nitrogens with one attached hydrogen (secondary N) is 1. The fraction of sp³-hybridized carbons (Fsp3) is 0.421. The van der Waals surface area contributed by atoms with Gasteiger partial charge in [-0.15, -0.1) is 10.2 Å². The molecule has 0 spiro atoms. The molecule has 1 aliphatic heterocycles. The van der Waals surface area contributed by atoms with Crippen LogP contribution in [0, 0.1) is 0 Å². The van der Waals surface area contributed by atoms with Gasteiger partial charge in [0.15, 0.2) is 5.82 Å². The number of fused-ring (bicyclic) bond motifs is 1. The predicted octanol–water partition coefficient (Wildman–Crippen LogP) is 2.86. The van der Waals surface area contributed by atoms with Crippen molar-refractivity contribution in [3.05, 3.63) is 54.1 Å². The predicted molar refractivity (Wildman–Crippen MR) is 96.6 cm³/mol. The molecule has 5 rings (SSSR count). The highest BCUT2D eigenvalue weighted by Gasteiger charge is 2.34. The van der Waals surface area contributed by atoms with Crippen LogP contribution >= 0.6 is 0 Å². The molecular weight excluding hydrogens is 312 g/mol. The Hall–Kier alpha value is -2.47. The molecular formula is C19H22N6. The summed E-state index contributed by atoms with van der Waals surface area (Å²) in [5, 5.41) is 12.5. The lowest BCUT2D eigenvalue weighted by molar-refractivity contribution is 0.309. The van der Waals surface area contributed by atoms with Gasteiger partial charge in [0.1, 0.15) is 5.82 Å². The summed E-state index contributed by atoms with van der Waals surface area (Å²) in [4.78, 5) is 6.97. The monoisotopic (exact) mass is 334 g/mol. The summed E-state index contributed by atoms with van der Waals surface area (Å²) in [6, 6.07) is 11.4. The minimum absolute atomic E-state index is 0.312. The molecule has 3 aromatic rings. The number of aromatic nitrogens is 4. The minimum Gasteiger partial charge on any atom is -0.362 e. The highest BCUT2D eigenvalue weighted by Crippen LogP contribution is 2.39. The van der Waals surface area contributed by atoms with Crippen molar-refractivity contribution >= 4 is 11.5 Å². The normalized spacial score (nSPS) is 24.0. The van der Waals surface area contributed by atoms with Gasteiger partial charge >= 0.3 is 0 Å². The molecule has 6 nitrogen and oxygen atoms in total. The molecule has 1 aliphatic carbocycles. The van der Waals surface area contributed by atoms with Gasteiger partial charge < -0.3 is 5.32 Å². The number of anilines is 1. The standard InChI is InChI=1S/C19H22N6/c1-24-11-9-15(16(24)13-5-3-2-4-6-13)21-17-19-23-22-18(14-7-8-14)25(19)12-10-20-17/h2-6,10,12,14-16H,7-9,11H2,1H3,(H,20,21). The third kappa shape index (κ3) is 2.57. The van der Waals surface area contributed by atoms with E-state index in [1.165, 1.54) is 18.4 Å². The van der Waals surface area contributed by atoms with Crippen molar-refractivity contribution in [3.63, 3.8) is 0 Å². The van der Waals surface area contributed by atoms with Crippen LogP contribution in [0.1, 0.15) is 42.6 Å². The molecule has 128 valence electrons. The largest absolute Gasteiger partial charge is 0.362 e. The summed E-state index contributed by atoms with van der Waals surface area (Å²) < 4.78 is 2.10. The second-order valence-corrected chi connectivity index (χ2v) is 7.18. The summed E-state index contributed by atoms with van der Waals surface area (Å²) in [5.41, 5.74) is 2.18. The number of hydrogen-bond donors (Lipinski definition) is 1. The van der Waals surface area contributed by atoms with E-state index < -0.39 is 0 Å². The number of benzene rings is 1. The van der Waals surface area contributed by atoms with E-state index in [1.54, 1.807) is 0 Å². The maximum atomic E-state index is 4.56. The molecule has 1 N–H and O–H groups in total. The highest BCUT2D eigenvalue weighted by atomic mass is 15.3. The van der Waals surface area contributed by atoms with Crippen molar-refractivity contribution in [1.82, 2.24) is 24.5 Å². The van der Waals surface area contributed by atoms with Gasteiger partial charge in [-0.3, -0.25) is 9.30 Å². The molecule has 0 bridgehead atoms. The fourth-order valence-corrected chi connectivity index (χ4v) is 3.98. The fourth-order valence-electron chi connectivity index (χ4n) is 3.98. The van der Waals surface area contributed by atoms with Crippen LogP contribution in [0.4, 0.5) is 5.82 Å². The SMILES string of the molecule is CN1CCC(Nc2nccn3c(C4CC4)nnc23)C1c1ccccc1. The van der Waals surface area contributed by atoms with Crippen molar-refractivity contribution < 1.29 is 0 Å². The third-order valence-electron chi connectivity index (χ3n) is 5.41. The molecule has 2 unspecified atom stereocenters. The van der Waals surface area contributed by atoms with Crippen molar-refractivity contribution in [3.8, 4) is 0 Å². The molecule has 6 heteroatoms. The topological polar surface area (TPSA) is 58.4 Å². The van der Waals surface area contributed by atoms with Crippen LogP contribution in [0.5, 0.6) is 0 Å². The number of hydrogen-bond acceptors (Lipinski definition) is 5. The zero-order valence-electron chi connectivity index (χ0n) is 14.3. The van der Waals surface area contributed by atoms with Gasteiger partial charge in [-0.25, -0.2) is 4.98 Å². The number of likely N-dealkylation sites (tertiary alicyclic amines) is 1. The Morgan fingerprint density at radius 3 is 2.72 bits per heavy atom. The molecule has 25 heavy (non-hydrogen) atoms. The smallest absolute Gasteiger partial charge is 0.203 e. The van der Waals surface area contributed by atoms with Crippen molar-refractivity contribution in [1.29, 1.82) is 0 Å². The van der Waals surface area contributed by atoms with Crippen LogP contribution < -0.4 is 5.32 Å². The molecule has 0 radical (unpaired) electrons. The second-order valence-electron chi connectivity index (χ2n) is 7.18. The average molecular weight is 334 g/mol. The molecule has 2 aliphatic rings. The Morgan fingerprint density at radius 1 is 1.08 bits per heavy atom. The van der Waals surface area contributed by atoms with E-state index >= 15 is 0 Å². The number of nitrogens with zero attached hydrogens (tertiary/aromatic N) is 5. The first-order valence-electron chi connectivity index (χ1n) is 9.02. The van der Waals surface area contributed by atoms with Gasteiger partial charge in [0.2, 0.25) is 5.65 Å². The lowest BCUT2D eigenvalue weighted by atomic mass is 10.0. The van der Waals surface area contributed by atoms with Crippen LogP contribution in [0.3, 0.4) is 0 Å². The Labute approximate surface area is 146 Å². The molecule has 2 fully saturated rings. The number of rotatable bonds is 4. The van der Waals surface area contributed by atoms with E-state index in [2.05, 4.69) is 67.2 Å². The minimum atomic E-state index is 0.312. The summed E-state index contributed by atoms with van der Waals surface area (Å²) in [6.45, 7) is 1.07. The summed E-state index contributed by atoms with van der Waals surface area (Å²) in [5.74, 6) is 2.48. The zero-order valence-corrected chi connectivity index (χ0v) is 14.3. The Bertz CT molecular complexity index is 885. The van der Waals surface area contributed by atoms with Crippen LogP contribution in [0.2, 0.25) is 0 Å². The summed E-state index contributed by atoms with van der Waals surface area (Å²) in [7, 11) is 2.19. The van der Waals surface area contributed by atoms with Crippen molar-refractivity contribution in [2.24, 2.45) is 0 Å². The van der Waals surface area contributed by atoms with Crippen LogP contribution in [0.25, 0.3) is 5.65 Å². The van der Waals surface area contributed by atoms with E-state index in [9.17, 15) is 0 Å². The maximum Gasteiger partial charge on any atom is 0.203 e. The molecule has 3 heterocycles. The van der Waals surface area contributed by atoms with Crippen molar-refractivity contribution in [2.75, 3.05) is 18.9 Å². The first kappa shape index (κ1) is 14.8. The Kier molecular flexibility index (Phi) is 3.45. The van der Waals surface area contributed by atoms with Gasteiger partial charge in [-0.2, -0.15) is 0 Å². The first-order chi connectivity index (χ1) is 12.3. The van der Waals surface area contributed by atoms with Gasteiger partial charge in [0, 0.05) is 30.9 Å². The first-order valence-corrected chi connectivity index (χ1v) is 9.02. The molecule has 1 saturated heterocycles. The highest BCUT2D eigenvalue weighted by molar-refractivity contribution is 5.63. The number of likely N-dealkylation sites (N-methyl/N-ethyl adjacent to an activating group) is 1. The summed E-state index contributed by atoms with van der Waals surface area (Å²) >= 11 is 0. The van der Waals surface area contributed by atoms with E-state index in [0.717, 1.165) is 30.3 Å². The van der Waals surface area contributed by atoms with Gasteiger partial charge in [-0.05, 0) is 31.9 Å². The molecule has 1 aromatic carbocycles. The second kappa shape index (κ2) is 5.81. The van der Waals surface area contributed by atoms with E-state index in [0.29, 0.717) is 18.0 Å². The summed E-state index contributed by atoms with van der Waals surface area (Å²) in [6.07, 6.45) is 7.34. The van der Waals surface area contributed by atoms with Crippen molar-refractivity contribution in [2.45, 2.75) is 37.3 Å². The zero-order chi connectivity index (χ0) is 16.8. The van der Waals surface area contributed by atoms with Crippen LogP contribution in [-0.4, -0.2) is 44.1 Å². The average Bonchev–Trinajstić information content (AvgIpc) is 3.29. The van der Waals surface area contributed by atoms with E-state index in [4.69, 9.17) is 0 Å². The quantitative estimate of drug-likeness (QED) is 0.795. The maximum absolute atomic E-state index is 4.56. The van der Waals surface area contributed by atoms with E-state index in [1.807, 2.05) is 12.4 Å². The Balaban J connectivity index is 1.47. The van der Waals surface area contributed by atoms with Crippen LogP contribution in [-0.2, 0) is 0 Å². The van der Waals surface area contributed by atoms with Gasteiger partial charge in [0.25, 0.3) is 0 Å². The lowest BCUT2D eigenvalue weighted by Crippen LogP contribution is -2.29. The third-order valence-corrected chi connectivity index (χ3v) is 5.41. The molecule has 2 aromatic heterocycles. The van der Waals surface area contributed by atoms with Gasteiger partial charge in [0.05, 0.1) is 6.04 Å². The Morgan fingerprint density at radius 2 is 1.92 bits per heavy atom. The van der Waals surface area contributed by atoms with Crippen LogP contribution in [0.15, 0.2) is 42.7 Å². The van der Waals surface area contributed by atoms with Gasteiger partial charge in [-0.1, -0.05) is 30.3 Å². The molecule has 0 amide bonds. The lowest BCUT2D eigenvalue weighted by Gasteiger charge is -2.26.